The van der Waals surface area contributed by atoms with Gasteiger partial charge in [-0.05, 0) is 49.7 Å². The van der Waals surface area contributed by atoms with Crippen molar-refractivity contribution in [1.29, 1.82) is 0 Å². The van der Waals surface area contributed by atoms with Gasteiger partial charge in [-0.1, -0.05) is 38.1 Å². The molecule has 5 heteroatoms. The van der Waals surface area contributed by atoms with E-state index in [4.69, 9.17) is 4.74 Å². The summed E-state index contributed by atoms with van der Waals surface area (Å²) in [5, 5.41) is 0. The predicted molar refractivity (Wildman–Crippen MR) is 97.2 cm³/mol. The van der Waals surface area contributed by atoms with Crippen LogP contribution >= 0.6 is 8.19 Å². The van der Waals surface area contributed by atoms with E-state index in [1.807, 2.05) is 54.3 Å². The van der Waals surface area contributed by atoms with Crippen molar-refractivity contribution in [1.82, 2.24) is 9.55 Å². The summed E-state index contributed by atoms with van der Waals surface area (Å²) in [5.41, 5.74) is 3.25. The number of nitrogens with zero attached hydrogens (tertiary/aromatic N) is 2. The minimum atomic E-state index is -0.296. The minimum absolute atomic E-state index is 0.295. The SMILES string of the molecule is CC(C)c1ccc(-n2ccc(COc3ccccp3)nc2=O)cc1. The fourth-order valence-electron chi connectivity index (χ4n) is 2.32. The molecule has 0 fully saturated rings. The van der Waals surface area contributed by atoms with E-state index in [1.165, 1.54) is 5.56 Å². The summed E-state index contributed by atoms with van der Waals surface area (Å²) in [4.78, 5) is 16.4. The maximum absolute atomic E-state index is 12.3. The second-order valence-electron chi connectivity index (χ2n) is 5.77. The standard InChI is InChI=1S/C19H19N2O2P/c1-14(2)15-6-8-17(9-7-15)21-11-10-16(20-19(21)22)13-23-18-5-3-4-12-24-18/h3-12,14H,13H2,1-2H3. The van der Waals surface area contributed by atoms with Crippen LogP contribution in [0.3, 0.4) is 0 Å². The van der Waals surface area contributed by atoms with E-state index in [1.54, 1.807) is 10.8 Å². The highest BCUT2D eigenvalue weighted by Crippen LogP contribution is 2.22. The van der Waals surface area contributed by atoms with E-state index < -0.39 is 0 Å². The Kier molecular flexibility index (Phi) is 5.07. The predicted octanol–water partition coefficient (Wildman–Crippen LogP) is 4.52. The largest absolute Gasteiger partial charge is 0.483 e. The first kappa shape index (κ1) is 16.4. The molecule has 0 bridgehead atoms. The van der Waals surface area contributed by atoms with Gasteiger partial charge in [-0.3, -0.25) is 4.57 Å². The van der Waals surface area contributed by atoms with Crippen LogP contribution in [0.1, 0.15) is 31.0 Å². The van der Waals surface area contributed by atoms with Crippen molar-refractivity contribution in [3.05, 3.63) is 82.3 Å². The van der Waals surface area contributed by atoms with E-state index in [0.717, 1.165) is 19.4 Å². The second-order valence-corrected chi connectivity index (χ2v) is 6.77. The van der Waals surface area contributed by atoms with Crippen molar-refractivity contribution in [2.45, 2.75) is 26.4 Å². The average molecular weight is 338 g/mol. The molecule has 4 nitrogen and oxygen atoms in total. The van der Waals surface area contributed by atoms with Gasteiger partial charge in [0.05, 0.1) is 11.4 Å². The van der Waals surface area contributed by atoms with Crippen molar-refractivity contribution in [3.63, 3.8) is 0 Å². The second kappa shape index (κ2) is 7.41. The van der Waals surface area contributed by atoms with E-state index in [0.29, 0.717) is 18.2 Å². The van der Waals surface area contributed by atoms with Gasteiger partial charge in [0.1, 0.15) is 12.1 Å². The Bertz CT molecular complexity index is 859. The Morgan fingerprint density at radius 1 is 1.12 bits per heavy atom. The van der Waals surface area contributed by atoms with Crippen LogP contribution < -0.4 is 10.4 Å². The highest BCUT2D eigenvalue weighted by atomic mass is 31.0. The zero-order valence-electron chi connectivity index (χ0n) is 13.7. The molecule has 0 atom stereocenters. The van der Waals surface area contributed by atoms with Gasteiger partial charge in [0, 0.05) is 6.20 Å². The molecule has 0 saturated carbocycles. The van der Waals surface area contributed by atoms with Gasteiger partial charge in [-0.25, -0.2) is 4.79 Å². The summed E-state index contributed by atoms with van der Waals surface area (Å²) in [5.74, 6) is 2.47. The van der Waals surface area contributed by atoms with Gasteiger partial charge in [-0.15, -0.1) is 0 Å². The summed E-state index contributed by atoms with van der Waals surface area (Å²) in [6, 6.07) is 15.6. The van der Waals surface area contributed by atoms with Gasteiger partial charge in [0.2, 0.25) is 0 Å². The molecule has 2 aromatic heterocycles. The Labute approximate surface area is 142 Å². The van der Waals surface area contributed by atoms with Crippen LogP contribution in [0.5, 0.6) is 5.48 Å². The first-order chi connectivity index (χ1) is 11.6. The lowest BCUT2D eigenvalue weighted by molar-refractivity contribution is 0.309. The molecule has 0 aliphatic carbocycles. The van der Waals surface area contributed by atoms with Crippen LogP contribution in [0, 0.1) is 0 Å². The monoisotopic (exact) mass is 338 g/mol. The molecule has 24 heavy (non-hydrogen) atoms. The number of aromatic nitrogens is 2. The van der Waals surface area contributed by atoms with E-state index >= 15 is 0 Å². The molecular weight excluding hydrogens is 319 g/mol. The highest BCUT2D eigenvalue weighted by Gasteiger charge is 2.05. The van der Waals surface area contributed by atoms with Crippen molar-refractivity contribution < 1.29 is 4.74 Å². The van der Waals surface area contributed by atoms with Crippen LogP contribution in [0.4, 0.5) is 0 Å². The molecule has 0 spiro atoms. The molecule has 0 aliphatic heterocycles. The highest BCUT2D eigenvalue weighted by molar-refractivity contribution is 7.31. The number of hydrogen-bond acceptors (Lipinski definition) is 3. The van der Waals surface area contributed by atoms with Crippen LogP contribution in [-0.4, -0.2) is 9.55 Å². The Hall–Kier alpha value is -2.45. The van der Waals surface area contributed by atoms with Crippen LogP contribution in [0.25, 0.3) is 5.69 Å². The minimum Gasteiger partial charge on any atom is -0.483 e. The number of benzene rings is 1. The van der Waals surface area contributed by atoms with Gasteiger partial charge >= 0.3 is 5.69 Å². The third kappa shape index (κ3) is 3.90. The van der Waals surface area contributed by atoms with Gasteiger partial charge in [0.15, 0.2) is 0 Å². The number of hydrogen-bond donors (Lipinski definition) is 0. The summed E-state index contributed by atoms with van der Waals surface area (Å²) < 4.78 is 7.21. The molecule has 1 aromatic carbocycles. The normalized spacial score (nSPS) is 11.1. The fraction of sp³-hybridized carbons (Fsp3) is 0.211. The summed E-state index contributed by atoms with van der Waals surface area (Å²) in [6.07, 6.45) is 1.75. The third-order valence-electron chi connectivity index (χ3n) is 3.70. The Morgan fingerprint density at radius 2 is 1.92 bits per heavy atom. The molecular formula is C19H19N2O2P. The third-order valence-corrected chi connectivity index (χ3v) is 4.56. The van der Waals surface area contributed by atoms with Crippen LogP contribution in [0.15, 0.2) is 65.3 Å². The van der Waals surface area contributed by atoms with Crippen LogP contribution in [-0.2, 0) is 6.61 Å². The number of ether oxygens (including phenoxy) is 1. The Morgan fingerprint density at radius 3 is 2.54 bits per heavy atom. The quantitative estimate of drug-likeness (QED) is 0.687. The van der Waals surface area contributed by atoms with Crippen molar-refractivity contribution in [2.24, 2.45) is 0 Å². The van der Waals surface area contributed by atoms with E-state index in [9.17, 15) is 4.79 Å². The zero-order valence-corrected chi connectivity index (χ0v) is 14.6. The summed E-state index contributed by atoms with van der Waals surface area (Å²) in [6.45, 7) is 4.58. The molecule has 3 aromatic rings. The summed E-state index contributed by atoms with van der Waals surface area (Å²) >= 11 is 0. The van der Waals surface area contributed by atoms with E-state index in [-0.39, 0.29) is 5.69 Å². The molecule has 0 unspecified atom stereocenters. The van der Waals surface area contributed by atoms with Crippen molar-refractivity contribution >= 4 is 8.19 Å². The number of rotatable bonds is 5. The molecule has 3 rings (SSSR count). The Balaban J connectivity index is 1.76. The fourth-order valence-corrected chi connectivity index (χ4v) is 2.96. The van der Waals surface area contributed by atoms with Gasteiger partial charge < -0.3 is 4.74 Å². The first-order valence-corrected chi connectivity index (χ1v) is 8.82. The topological polar surface area (TPSA) is 44.1 Å². The van der Waals surface area contributed by atoms with Gasteiger partial charge in [0.25, 0.3) is 0 Å². The van der Waals surface area contributed by atoms with Crippen molar-refractivity contribution in [2.75, 3.05) is 0 Å². The average Bonchev–Trinajstić information content (AvgIpc) is 2.61. The molecule has 0 amide bonds. The molecule has 122 valence electrons. The molecule has 0 saturated heterocycles. The molecule has 0 radical (unpaired) electrons. The summed E-state index contributed by atoms with van der Waals surface area (Å²) in [7, 11) is 1.02. The lowest BCUT2D eigenvalue weighted by atomic mass is 10.0. The van der Waals surface area contributed by atoms with Gasteiger partial charge in [-0.2, -0.15) is 4.98 Å². The maximum atomic E-state index is 12.3. The lowest BCUT2D eigenvalue weighted by Crippen LogP contribution is -2.22. The first-order valence-electron chi connectivity index (χ1n) is 7.86. The van der Waals surface area contributed by atoms with Crippen molar-refractivity contribution in [3.8, 4) is 11.2 Å². The smallest absolute Gasteiger partial charge is 0.352 e. The molecule has 0 N–H and O–H groups in total. The molecule has 0 aliphatic rings. The zero-order chi connectivity index (χ0) is 16.9. The molecule has 2 heterocycles. The van der Waals surface area contributed by atoms with Crippen LogP contribution in [0.2, 0.25) is 0 Å². The lowest BCUT2D eigenvalue weighted by Gasteiger charge is -2.09. The maximum Gasteiger partial charge on any atom is 0.352 e. The van der Waals surface area contributed by atoms with E-state index in [2.05, 4.69) is 18.8 Å².